The number of hydrogen-bond acceptors (Lipinski definition) is 5. The van der Waals surface area contributed by atoms with Crippen LogP contribution >= 0.6 is 0 Å². The van der Waals surface area contributed by atoms with E-state index in [2.05, 4.69) is 39.8 Å². The van der Waals surface area contributed by atoms with Crippen molar-refractivity contribution < 1.29 is 24.1 Å². The maximum Gasteiger partial charge on any atom is 0.339 e. The van der Waals surface area contributed by atoms with E-state index in [9.17, 15) is 9.90 Å². The molecule has 0 saturated carbocycles. The van der Waals surface area contributed by atoms with Gasteiger partial charge in [0, 0.05) is 19.3 Å². The van der Waals surface area contributed by atoms with Gasteiger partial charge in [-0.1, -0.05) is 43.7 Å². The molecule has 1 spiro atoms. The van der Waals surface area contributed by atoms with Gasteiger partial charge < -0.3 is 19.3 Å². The highest BCUT2D eigenvalue weighted by Gasteiger charge is 2.47. The van der Waals surface area contributed by atoms with Gasteiger partial charge in [-0.05, 0) is 87.6 Å². The molecule has 0 unspecified atom stereocenters. The van der Waals surface area contributed by atoms with Crippen LogP contribution in [0.25, 0.3) is 5.57 Å². The molecule has 3 aliphatic heterocycles. The van der Waals surface area contributed by atoms with E-state index < -0.39 is 5.79 Å². The van der Waals surface area contributed by atoms with Gasteiger partial charge in [-0.2, -0.15) is 0 Å². The summed E-state index contributed by atoms with van der Waals surface area (Å²) < 4.78 is 19.3. The van der Waals surface area contributed by atoms with Crippen molar-refractivity contribution in [1.82, 2.24) is 0 Å². The first-order valence-electron chi connectivity index (χ1n) is 13.5. The van der Waals surface area contributed by atoms with Gasteiger partial charge in [0.15, 0.2) is 5.79 Å². The number of aromatic hydroxyl groups is 1. The summed E-state index contributed by atoms with van der Waals surface area (Å²) in [5, 5.41) is 10.4. The minimum absolute atomic E-state index is 0.0754. The molecule has 1 aromatic carbocycles. The fourth-order valence-electron chi connectivity index (χ4n) is 5.67. The Morgan fingerprint density at radius 2 is 1.81 bits per heavy atom. The smallest absolute Gasteiger partial charge is 0.339 e. The van der Waals surface area contributed by atoms with Crippen LogP contribution in [0.15, 0.2) is 42.0 Å². The van der Waals surface area contributed by atoms with Crippen LogP contribution in [0.4, 0.5) is 0 Å². The molecule has 0 amide bonds. The maximum atomic E-state index is 13.6. The normalized spacial score (nSPS) is 33.9. The van der Waals surface area contributed by atoms with Crippen LogP contribution in [0.1, 0.15) is 94.6 Å². The molecule has 0 aliphatic carbocycles. The third-order valence-corrected chi connectivity index (χ3v) is 8.04. The molecule has 2 bridgehead atoms. The number of phenols is 1. The standard InChI is InChI=1S/C31H42O5/c1-19-8-7-9-22(4)27-17-29(32)23(5)15-28(27)30(33)34-26-16-25(11-10-20(2)14-19)36-31(18-26)13-12-21(3)24(6)35-31/h7-10,15,17,19,21,24-26,32H,11-14,16,18H2,1-6H3/t19-,21+,24+,25+,26-,31-/m0/s1. The number of aryl methyl sites for hydroxylation is 1. The molecule has 5 heteroatoms. The van der Waals surface area contributed by atoms with Crippen LogP contribution in [0.2, 0.25) is 0 Å². The minimum atomic E-state index is -0.716. The predicted octanol–water partition coefficient (Wildman–Crippen LogP) is 7.27. The zero-order chi connectivity index (χ0) is 26.0. The Balaban J connectivity index is 1.72. The SMILES string of the molecule is CC1=CC[C@@H]2C[C@@H](C[C@]3(CC[C@@H](C)[C@@H](C)O3)O2)OC(=O)c2cc(C)c(O)cc2C(C)=CC=C[C@H](C)C1. The second-order valence-corrected chi connectivity index (χ2v) is 11.3. The number of esters is 1. The fraction of sp³-hybridized carbons (Fsp3) is 0.581. The molecule has 4 rings (SSSR count). The molecule has 1 N–H and O–H groups in total. The maximum absolute atomic E-state index is 13.6. The lowest BCUT2D eigenvalue weighted by Crippen LogP contribution is -2.53. The van der Waals surface area contributed by atoms with Crippen LogP contribution in [0.5, 0.6) is 5.75 Å². The third kappa shape index (κ3) is 6.12. The molecule has 36 heavy (non-hydrogen) atoms. The summed E-state index contributed by atoms with van der Waals surface area (Å²) in [5.74, 6) is -0.0581. The molecule has 5 nitrogen and oxygen atoms in total. The summed E-state index contributed by atoms with van der Waals surface area (Å²) >= 11 is 0. The highest BCUT2D eigenvalue weighted by Crippen LogP contribution is 2.43. The summed E-state index contributed by atoms with van der Waals surface area (Å²) in [6.45, 7) is 12.5. The van der Waals surface area contributed by atoms with Gasteiger partial charge in [-0.25, -0.2) is 4.79 Å². The lowest BCUT2D eigenvalue weighted by molar-refractivity contribution is -0.331. The first kappa shape index (κ1) is 26.7. The molecule has 0 radical (unpaired) electrons. The second kappa shape index (κ2) is 10.9. The zero-order valence-corrected chi connectivity index (χ0v) is 22.7. The quantitative estimate of drug-likeness (QED) is 0.303. The van der Waals surface area contributed by atoms with Crippen molar-refractivity contribution in [2.45, 2.75) is 104 Å². The van der Waals surface area contributed by atoms with E-state index in [4.69, 9.17) is 14.2 Å². The zero-order valence-electron chi connectivity index (χ0n) is 22.7. The second-order valence-electron chi connectivity index (χ2n) is 11.3. The minimum Gasteiger partial charge on any atom is -0.508 e. The Kier molecular flexibility index (Phi) is 8.11. The van der Waals surface area contributed by atoms with Crippen LogP contribution in [0.3, 0.4) is 0 Å². The molecule has 196 valence electrons. The summed E-state index contributed by atoms with van der Waals surface area (Å²) in [6, 6.07) is 3.41. The van der Waals surface area contributed by atoms with Crippen LogP contribution in [0, 0.1) is 18.8 Å². The molecule has 1 aromatic rings. The molecular formula is C31H42O5. The summed E-state index contributed by atoms with van der Waals surface area (Å²) in [7, 11) is 0. The monoisotopic (exact) mass is 494 g/mol. The van der Waals surface area contributed by atoms with Gasteiger partial charge in [-0.15, -0.1) is 0 Å². The van der Waals surface area contributed by atoms with Gasteiger partial charge in [-0.3, -0.25) is 0 Å². The number of allylic oxidation sites excluding steroid dienone is 5. The highest BCUT2D eigenvalue weighted by atomic mass is 16.7. The first-order valence-corrected chi connectivity index (χ1v) is 13.5. The molecular weight excluding hydrogens is 452 g/mol. The number of fused-ring (bicyclic) bond motifs is 3. The third-order valence-electron chi connectivity index (χ3n) is 8.04. The Morgan fingerprint density at radius 1 is 1.03 bits per heavy atom. The number of benzene rings is 1. The van der Waals surface area contributed by atoms with Crippen molar-refractivity contribution in [3.63, 3.8) is 0 Å². The van der Waals surface area contributed by atoms with Crippen LogP contribution in [-0.2, 0) is 14.2 Å². The summed E-state index contributed by atoms with van der Waals surface area (Å²) in [5.41, 5.74) is 4.05. The van der Waals surface area contributed by atoms with Gasteiger partial charge in [0.05, 0.1) is 17.8 Å². The Morgan fingerprint density at radius 3 is 2.56 bits per heavy atom. The number of carbonyl (C=O) groups is 1. The number of carbonyl (C=O) groups excluding carboxylic acids is 1. The van der Waals surface area contributed by atoms with E-state index in [-0.39, 0.29) is 30.0 Å². The van der Waals surface area contributed by atoms with Crippen LogP contribution < -0.4 is 0 Å². The number of phenolic OH excluding ortho intramolecular Hbond substituents is 1. The van der Waals surface area contributed by atoms with Crippen molar-refractivity contribution in [2.75, 3.05) is 0 Å². The molecule has 3 heterocycles. The predicted molar refractivity (Wildman–Crippen MR) is 143 cm³/mol. The van der Waals surface area contributed by atoms with Crippen molar-refractivity contribution in [3.05, 3.63) is 58.7 Å². The van der Waals surface area contributed by atoms with E-state index in [0.717, 1.165) is 31.3 Å². The molecule has 2 saturated heterocycles. The summed E-state index contributed by atoms with van der Waals surface area (Å²) in [4.78, 5) is 13.6. The largest absolute Gasteiger partial charge is 0.508 e. The number of rotatable bonds is 0. The van der Waals surface area contributed by atoms with Gasteiger partial charge in [0.1, 0.15) is 11.9 Å². The van der Waals surface area contributed by atoms with Crippen molar-refractivity contribution in [2.24, 2.45) is 11.8 Å². The lowest BCUT2D eigenvalue weighted by Gasteiger charge is -2.49. The number of hydrogen-bond donors (Lipinski definition) is 1. The fourth-order valence-corrected chi connectivity index (χ4v) is 5.67. The highest BCUT2D eigenvalue weighted by molar-refractivity contribution is 5.96. The van der Waals surface area contributed by atoms with Gasteiger partial charge in [0.2, 0.25) is 0 Å². The van der Waals surface area contributed by atoms with E-state index in [1.165, 1.54) is 5.57 Å². The number of ether oxygens (including phenoxy) is 3. The summed E-state index contributed by atoms with van der Waals surface area (Å²) in [6.07, 6.45) is 13.0. The van der Waals surface area contributed by atoms with E-state index in [1.807, 2.05) is 19.1 Å². The molecule has 6 atom stereocenters. The topological polar surface area (TPSA) is 65.0 Å². The molecule has 2 fully saturated rings. The van der Waals surface area contributed by atoms with Crippen LogP contribution in [-0.4, -0.2) is 35.2 Å². The molecule has 3 aliphatic rings. The van der Waals surface area contributed by atoms with E-state index in [0.29, 0.717) is 41.4 Å². The Bertz CT molecular complexity index is 1070. The van der Waals surface area contributed by atoms with Crippen molar-refractivity contribution in [1.29, 1.82) is 0 Å². The first-order chi connectivity index (χ1) is 17.0. The average Bonchev–Trinajstić information content (AvgIpc) is 2.81. The Labute approximate surface area is 216 Å². The van der Waals surface area contributed by atoms with Crippen molar-refractivity contribution >= 4 is 11.5 Å². The van der Waals surface area contributed by atoms with E-state index >= 15 is 0 Å². The van der Waals surface area contributed by atoms with Gasteiger partial charge >= 0.3 is 5.97 Å². The lowest BCUT2D eigenvalue weighted by atomic mass is 9.86. The van der Waals surface area contributed by atoms with E-state index in [1.54, 1.807) is 19.1 Å². The van der Waals surface area contributed by atoms with Gasteiger partial charge in [0.25, 0.3) is 0 Å². The Hall–Kier alpha value is -2.37. The van der Waals surface area contributed by atoms with Crippen molar-refractivity contribution in [3.8, 4) is 5.75 Å². The molecule has 0 aromatic heterocycles. The average molecular weight is 495 g/mol.